The van der Waals surface area contributed by atoms with E-state index >= 15 is 0 Å². The number of rotatable bonds is 1. The van der Waals surface area contributed by atoms with Gasteiger partial charge in [0, 0.05) is 23.5 Å². The molecule has 0 bridgehead atoms. The Morgan fingerprint density at radius 3 is 2.46 bits per heavy atom. The van der Waals surface area contributed by atoms with Crippen molar-refractivity contribution in [3.8, 4) is 11.1 Å². The lowest BCUT2D eigenvalue weighted by molar-refractivity contribution is 0.631. The van der Waals surface area contributed by atoms with Gasteiger partial charge in [0.15, 0.2) is 0 Å². The molecule has 2 aromatic rings. The van der Waals surface area contributed by atoms with E-state index in [0.717, 1.165) is 0 Å². The highest BCUT2D eigenvalue weighted by Crippen LogP contribution is 2.27. The quantitative estimate of drug-likeness (QED) is 0.688. The van der Waals surface area contributed by atoms with E-state index in [-0.39, 0.29) is 5.82 Å². The Balaban J connectivity index is 2.59. The second kappa shape index (κ2) is 2.94. The van der Waals surface area contributed by atoms with E-state index in [0.29, 0.717) is 16.8 Å². The Labute approximate surface area is 75.2 Å². The first-order chi connectivity index (χ1) is 6.29. The van der Waals surface area contributed by atoms with E-state index in [1.807, 2.05) is 0 Å². The summed E-state index contributed by atoms with van der Waals surface area (Å²) in [5.74, 6) is -0.256. The third-order valence-corrected chi connectivity index (χ3v) is 1.94. The van der Waals surface area contributed by atoms with Crippen LogP contribution in [0.5, 0.6) is 0 Å². The predicted molar refractivity (Wildman–Crippen MR) is 50.6 cm³/mol. The van der Waals surface area contributed by atoms with Gasteiger partial charge >= 0.3 is 0 Å². The number of aromatic amines is 1. The van der Waals surface area contributed by atoms with Crippen molar-refractivity contribution < 1.29 is 4.39 Å². The van der Waals surface area contributed by atoms with Crippen LogP contribution < -0.4 is 5.73 Å². The highest BCUT2D eigenvalue weighted by Gasteiger charge is 2.06. The predicted octanol–water partition coefficient (Wildman–Crippen LogP) is 2.40. The summed E-state index contributed by atoms with van der Waals surface area (Å²) in [6, 6.07) is 6.56. The largest absolute Gasteiger partial charge is 0.397 e. The Morgan fingerprint density at radius 2 is 1.85 bits per heavy atom. The number of hydrogen-bond donors (Lipinski definition) is 2. The number of aromatic nitrogens is 1. The van der Waals surface area contributed by atoms with Crippen LogP contribution in [0.25, 0.3) is 11.1 Å². The Bertz CT molecular complexity index is 420. The van der Waals surface area contributed by atoms with Crippen LogP contribution >= 0.6 is 0 Å². The molecule has 3 N–H and O–H groups in total. The number of anilines is 1. The van der Waals surface area contributed by atoms with Crippen LogP contribution in [-0.4, -0.2) is 4.98 Å². The molecular weight excluding hydrogens is 167 g/mol. The Hall–Kier alpha value is -1.77. The average Bonchev–Trinajstić information content (AvgIpc) is 2.52. The minimum atomic E-state index is -0.256. The molecular formula is C10H9FN2. The molecule has 1 aromatic carbocycles. The summed E-state index contributed by atoms with van der Waals surface area (Å²) in [6.45, 7) is 0. The van der Waals surface area contributed by atoms with Crippen molar-refractivity contribution in [3.63, 3.8) is 0 Å². The van der Waals surface area contributed by atoms with Gasteiger partial charge in [-0.2, -0.15) is 0 Å². The van der Waals surface area contributed by atoms with Crippen LogP contribution in [0, 0.1) is 5.82 Å². The van der Waals surface area contributed by atoms with Gasteiger partial charge in [0.05, 0.1) is 5.69 Å². The van der Waals surface area contributed by atoms with Gasteiger partial charge in [-0.3, -0.25) is 0 Å². The minimum Gasteiger partial charge on any atom is -0.397 e. The molecule has 3 heteroatoms. The van der Waals surface area contributed by atoms with Crippen molar-refractivity contribution in [2.45, 2.75) is 0 Å². The molecule has 2 nitrogen and oxygen atoms in total. The number of benzene rings is 1. The van der Waals surface area contributed by atoms with Gasteiger partial charge in [0.2, 0.25) is 0 Å². The van der Waals surface area contributed by atoms with Crippen molar-refractivity contribution in [3.05, 3.63) is 42.5 Å². The van der Waals surface area contributed by atoms with Gasteiger partial charge in [-0.25, -0.2) is 4.39 Å². The van der Waals surface area contributed by atoms with Crippen molar-refractivity contribution in [1.82, 2.24) is 4.98 Å². The lowest BCUT2D eigenvalue weighted by atomic mass is 10.1. The molecule has 0 saturated carbocycles. The third kappa shape index (κ3) is 1.28. The zero-order valence-corrected chi connectivity index (χ0v) is 6.92. The smallest absolute Gasteiger partial charge is 0.131 e. The van der Waals surface area contributed by atoms with Crippen molar-refractivity contribution in [1.29, 1.82) is 0 Å². The number of halogens is 1. The van der Waals surface area contributed by atoms with Gasteiger partial charge < -0.3 is 10.7 Å². The molecule has 0 unspecified atom stereocenters. The standard InChI is InChI=1S/C10H9FN2/c11-9-4-2-1-3-7(9)8-5-13-6-10(8)12/h1-6,13H,12H2. The van der Waals surface area contributed by atoms with Crippen molar-refractivity contribution in [2.24, 2.45) is 0 Å². The average molecular weight is 176 g/mol. The van der Waals surface area contributed by atoms with Gasteiger partial charge in [-0.05, 0) is 6.07 Å². The van der Waals surface area contributed by atoms with E-state index in [1.54, 1.807) is 30.6 Å². The van der Waals surface area contributed by atoms with Gasteiger partial charge in [0.1, 0.15) is 5.82 Å². The second-order valence-electron chi connectivity index (χ2n) is 2.80. The van der Waals surface area contributed by atoms with E-state index < -0.39 is 0 Å². The lowest BCUT2D eigenvalue weighted by Gasteiger charge is -2.00. The molecule has 13 heavy (non-hydrogen) atoms. The molecule has 1 aromatic heterocycles. The van der Waals surface area contributed by atoms with Gasteiger partial charge in [0.25, 0.3) is 0 Å². The van der Waals surface area contributed by atoms with Crippen LogP contribution in [0.15, 0.2) is 36.7 Å². The lowest BCUT2D eigenvalue weighted by Crippen LogP contribution is -1.87. The molecule has 0 radical (unpaired) electrons. The summed E-state index contributed by atoms with van der Waals surface area (Å²) in [5, 5.41) is 0. The minimum absolute atomic E-state index is 0.256. The zero-order chi connectivity index (χ0) is 9.26. The first kappa shape index (κ1) is 7.86. The Morgan fingerprint density at radius 1 is 1.08 bits per heavy atom. The van der Waals surface area contributed by atoms with Crippen LogP contribution in [0.2, 0.25) is 0 Å². The molecule has 1 heterocycles. The molecule has 0 spiro atoms. The Kier molecular flexibility index (Phi) is 1.77. The highest BCUT2D eigenvalue weighted by molar-refractivity contribution is 5.75. The van der Waals surface area contributed by atoms with Crippen LogP contribution in [-0.2, 0) is 0 Å². The topological polar surface area (TPSA) is 41.8 Å². The van der Waals surface area contributed by atoms with Crippen molar-refractivity contribution in [2.75, 3.05) is 5.73 Å². The molecule has 0 fully saturated rings. The molecule has 0 aliphatic heterocycles. The first-order valence-corrected chi connectivity index (χ1v) is 3.96. The van der Waals surface area contributed by atoms with Crippen LogP contribution in [0.1, 0.15) is 0 Å². The number of nitrogens with two attached hydrogens (primary N) is 1. The second-order valence-corrected chi connectivity index (χ2v) is 2.80. The highest BCUT2D eigenvalue weighted by atomic mass is 19.1. The number of hydrogen-bond acceptors (Lipinski definition) is 1. The SMILES string of the molecule is Nc1c[nH]cc1-c1ccccc1F. The summed E-state index contributed by atoms with van der Waals surface area (Å²) in [4.78, 5) is 2.83. The monoisotopic (exact) mass is 176 g/mol. The van der Waals surface area contributed by atoms with Gasteiger partial charge in [-0.15, -0.1) is 0 Å². The molecule has 0 amide bonds. The van der Waals surface area contributed by atoms with E-state index in [1.165, 1.54) is 6.07 Å². The maximum absolute atomic E-state index is 13.3. The summed E-state index contributed by atoms with van der Waals surface area (Å²) < 4.78 is 13.3. The number of nitrogen functional groups attached to an aromatic ring is 1. The summed E-state index contributed by atoms with van der Waals surface area (Å²) in [6.07, 6.45) is 3.33. The summed E-state index contributed by atoms with van der Waals surface area (Å²) >= 11 is 0. The summed E-state index contributed by atoms with van der Waals surface area (Å²) in [5.41, 5.74) is 7.44. The van der Waals surface area contributed by atoms with E-state index in [9.17, 15) is 4.39 Å². The van der Waals surface area contributed by atoms with E-state index in [4.69, 9.17) is 5.73 Å². The molecule has 0 saturated heterocycles. The van der Waals surface area contributed by atoms with E-state index in [2.05, 4.69) is 4.98 Å². The third-order valence-electron chi connectivity index (χ3n) is 1.94. The molecule has 0 aliphatic rings. The first-order valence-electron chi connectivity index (χ1n) is 3.96. The fourth-order valence-corrected chi connectivity index (χ4v) is 1.29. The zero-order valence-electron chi connectivity index (χ0n) is 6.92. The normalized spacial score (nSPS) is 10.2. The van der Waals surface area contributed by atoms with Crippen molar-refractivity contribution >= 4 is 5.69 Å². The number of H-pyrrole nitrogens is 1. The molecule has 0 aliphatic carbocycles. The fraction of sp³-hybridized carbons (Fsp3) is 0. The maximum Gasteiger partial charge on any atom is 0.131 e. The molecule has 0 atom stereocenters. The maximum atomic E-state index is 13.3. The van der Waals surface area contributed by atoms with Crippen LogP contribution in [0.4, 0.5) is 10.1 Å². The molecule has 66 valence electrons. The fourth-order valence-electron chi connectivity index (χ4n) is 1.29. The van der Waals surface area contributed by atoms with Crippen LogP contribution in [0.3, 0.4) is 0 Å². The summed E-state index contributed by atoms with van der Waals surface area (Å²) in [7, 11) is 0. The van der Waals surface area contributed by atoms with Gasteiger partial charge in [-0.1, -0.05) is 18.2 Å². The molecule has 2 rings (SSSR count). The number of nitrogens with one attached hydrogen (secondary N) is 1.